The number of carbonyl (C=O) groups excluding carboxylic acids is 1. The Morgan fingerprint density at radius 1 is 1.44 bits per heavy atom. The van der Waals surface area contributed by atoms with Gasteiger partial charge in [-0.25, -0.2) is 8.78 Å². The van der Waals surface area contributed by atoms with E-state index < -0.39 is 17.7 Å². The largest absolute Gasteiger partial charge is 0.366 e. The zero-order valence-electron chi connectivity index (χ0n) is 9.30. The molecule has 0 aliphatic rings. The first-order valence-electron chi connectivity index (χ1n) is 5.13. The molecule has 1 atom stereocenters. The topological polar surface area (TPSA) is 26.3 Å². The van der Waals surface area contributed by atoms with Crippen LogP contribution in [0.15, 0.2) is 18.2 Å². The zero-order valence-corrected chi connectivity index (χ0v) is 9.30. The highest BCUT2D eigenvalue weighted by molar-refractivity contribution is 5.81. The third-order valence-corrected chi connectivity index (χ3v) is 2.10. The standard InChI is InChI=1S/C12H14F2O2/c1-3-6-16-12(8(2)15)10-5-4-9(13)7-11(10)14/h4-5,7,12H,3,6H2,1-2H3. The summed E-state index contributed by atoms with van der Waals surface area (Å²) >= 11 is 0. The van der Waals surface area contributed by atoms with E-state index in [0.717, 1.165) is 18.6 Å². The number of rotatable bonds is 5. The minimum atomic E-state index is -0.944. The highest BCUT2D eigenvalue weighted by Gasteiger charge is 2.21. The Morgan fingerprint density at radius 3 is 2.62 bits per heavy atom. The number of benzene rings is 1. The average Bonchev–Trinajstić information content (AvgIpc) is 2.20. The lowest BCUT2D eigenvalue weighted by atomic mass is 10.1. The third kappa shape index (κ3) is 3.10. The van der Waals surface area contributed by atoms with Crippen LogP contribution in [0.4, 0.5) is 8.78 Å². The number of hydrogen-bond donors (Lipinski definition) is 0. The molecule has 1 unspecified atom stereocenters. The molecule has 2 nitrogen and oxygen atoms in total. The smallest absolute Gasteiger partial charge is 0.163 e. The second-order valence-electron chi connectivity index (χ2n) is 3.53. The van der Waals surface area contributed by atoms with Gasteiger partial charge in [0.25, 0.3) is 0 Å². The first-order chi connectivity index (χ1) is 7.56. The van der Waals surface area contributed by atoms with Crippen molar-refractivity contribution in [2.45, 2.75) is 26.4 Å². The predicted octanol–water partition coefficient (Wildman–Crippen LogP) is 3.02. The summed E-state index contributed by atoms with van der Waals surface area (Å²) in [6.45, 7) is 3.57. The summed E-state index contributed by atoms with van der Waals surface area (Å²) in [5.74, 6) is -1.71. The van der Waals surface area contributed by atoms with Crippen LogP contribution >= 0.6 is 0 Å². The lowest BCUT2D eigenvalue weighted by molar-refractivity contribution is -0.129. The highest BCUT2D eigenvalue weighted by atomic mass is 19.1. The average molecular weight is 228 g/mol. The lowest BCUT2D eigenvalue weighted by Crippen LogP contribution is -2.15. The van der Waals surface area contributed by atoms with E-state index in [2.05, 4.69) is 0 Å². The Kier molecular flexibility index (Phi) is 4.55. The minimum absolute atomic E-state index is 0.0855. The van der Waals surface area contributed by atoms with E-state index in [4.69, 9.17) is 4.74 Å². The zero-order chi connectivity index (χ0) is 12.1. The molecule has 1 aromatic rings. The van der Waals surface area contributed by atoms with Gasteiger partial charge in [-0.05, 0) is 19.4 Å². The number of ether oxygens (including phenoxy) is 1. The summed E-state index contributed by atoms with van der Waals surface area (Å²) in [5.41, 5.74) is 0.0855. The molecule has 1 rings (SSSR count). The van der Waals surface area contributed by atoms with Crippen LogP contribution in [0.5, 0.6) is 0 Å². The molecule has 0 aliphatic carbocycles. The van der Waals surface area contributed by atoms with Crippen LogP contribution in [-0.4, -0.2) is 12.4 Å². The van der Waals surface area contributed by atoms with Gasteiger partial charge in [0.1, 0.15) is 17.7 Å². The van der Waals surface area contributed by atoms with E-state index in [1.807, 2.05) is 6.92 Å². The molecule has 0 heterocycles. The minimum Gasteiger partial charge on any atom is -0.366 e. The molecular formula is C12H14F2O2. The van der Waals surface area contributed by atoms with E-state index in [1.54, 1.807) is 0 Å². The van der Waals surface area contributed by atoms with Gasteiger partial charge in [0.05, 0.1) is 0 Å². The molecule has 16 heavy (non-hydrogen) atoms. The summed E-state index contributed by atoms with van der Waals surface area (Å²) in [6.07, 6.45) is -0.215. The molecule has 0 spiro atoms. The van der Waals surface area contributed by atoms with Crippen molar-refractivity contribution in [1.82, 2.24) is 0 Å². The van der Waals surface area contributed by atoms with Gasteiger partial charge in [-0.2, -0.15) is 0 Å². The van der Waals surface area contributed by atoms with E-state index in [-0.39, 0.29) is 11.3 Å². The quantitative estimate of drug-likeness (QED) is 0.774. The van der Waals surface area contributed by atoms with E-state index in [9.17, 15) is 13.6 Å². The van der Waals surface area contributed by atoms with Crippen LogP contribution < -0.4 is 0 Å². The van der Waals surface area contributed by atoms with E-state index in [1.165, 1.54) is 13.0 Å². The molecule has 0 amide bonds. The normalized spacial score (nSPS) is 12.5. The molecule has 0 aromatic heterocycles. The van der Waals surface area contributed by atoms with Crippen molar-refractivity contribution in [3.05, 3.63) is 35.4 Å². The van der Waals surface area contributed by atoms with Crippen molar-refractivity contribution in [2.75, 3.05) is 6.61 Å². The molecule has 0 aliphatic heterocycles. The molecule has 0 saturated carbocycles. The molecule has 0 saturated heterocycles. The van der Waals surface area contributed by atoms with Gasteiger partial charge in [0.2, 0.25) is 0 Å². The maximum Gasteiger partial charge on any atom is 0.163 e. The van der Waals surface area contributed by atoms with Crippen molar-refractivity contribution >= 4 is 5.78 Å². The molecule has 0 fully saturated rings. The summed E-state index contributed by atoms with van der Waals surface area (Å²) < 4.78 is 31.4. The van der Waals surface area contributed by atoms with Gasteiger partial charge >= 0.3 is 0 Å². The van der Waals surface area contributed by atoms with Gasteiger partial charge in [-0.1, -0.05) is 13.0 Å². The van der Waals surface area contributed by atoms with Crippen LogP contribution in [0.1, 0.15) is 31.9 Å². The van der Waals surface area contributed by atoms with Gasteiger partial charge in [0.15, 0.2) is 5.78 Å². The molecule has 0 bridgehead atoms. The highest BCUT2D eigenvalue weighted by Crippen LogP contribution is 2.22. The fraction of sp³-hybridized carbons (Fsp3) is 0.417. The van der Waals surface area contributed by atoms with Crippen molar-refractivity contribution in [1.29, 1.82) is 0 Å². The fourth-order valence-electron chi connectivity index (χ4n) is 1.38. The van der Waals surface area contributed by atoms with Gasteiger partial charge in [-0.15, -0.1) is 0 Å². The van der Waals surface area contributed by atoms with Crippen molar-refractivity contribution < 1.29 is 18.3 Å². The molecule has 88 valence electrons. The summed E-state index contributed by atoms with van der Waals surface area (Å²) in [7, 11) is 0. The second-order valence-corrected chi connectivity index (χ2v) is 3.53. The maximum absolute atomic E-state index is 13.4. The Hall–Kier alpha value is -1.29. The molecule has 0 N–H and O–H groups in total. The van der Waals surface area contributed by atoms with Crippen molar-refractivity contribution in [3.63, 3.8) is 0 Å². The third-order valence-electron chi connectivity index (χ3n) is 2.10. The predicted molar refractivity (Wildman–Crippen MR) is 56.0 cm³/mol. The summed E-state index contributed by atoms with van der Waals surface area (Å²) in [4.78, 5) is 11.3. The summed E-state index contributed by atoms with van der Waals surface area (Å²) in [6, 6.07) is 3.11. The fourth-order valence-corrected chi connectivity index (χ4v) is 1.38. The van der Waals surface area contributed by atoms with Crippen LogP contribution in [0, 0.1) is 11.6 Å². The van der Waals surface area contributed by atoms with Crippen molar-refractivity contribution in [3.8, 4) is 0 Å². The van der Waals surface area contributed by atoms with Crippen LogP contribution in [0.25, 0.3) is 0 Å². The molecule has 1 aromatic carbocycles. The first-order valence-corrected chi connectivity index (χ1v) is 5.13. The second kappa shape index (κ2) is 5.70. The Labute approximate surface area is 93.2 Å². The molecule has 4 heteroatoms. The maximum atomic E-state index is 13.4. The number of ketones is 1. The van der Waals surface area contributed by atoms with Gasteiger partial charge in [0, 0.05) is 18.2 Å². The number of halogens is 2. The van der Waals surface area contributed by atoms with E-state index >= 15 is 0 Å². The van der Waals surface area contributed by atoms with E-state index in [0.29, 0.717) is 6.61 Å². The lowest BCUT2D eigenvalue weighted by Gasteiger charge is -2.15. The van der Waals surface area contributed by atoms with Gasteiger partial charge in [-0.3, -0.25) is 4.79 Å². The van der Waals surface area contributed by atoms with Crippen LogP contribution in [0.3, 0.4) is 0 Å². The number of hydrogen-bond acceptors (Lipinski definition) is 2. The number of carbonyl (C=O) groups is 1. The monoisotopic (exact) mass is 228 g/mol. The van der Waals surface area contributed by atoms with Crippen molar-refractivity contribution in [2.24, 2.45) is 0 Å². The Bertz CT molecular complexity index is 377. The Morgan fingerprint density at radius 2 is 2.12 bits per heavy atom. The molecular weight excluding hydrogens is 214 g/mol. The Balaban J connectivity index is 2.96. The SMILES string of the molecule is CCCOC(C(C)=O)c1ccc(F)cc1F. The summed E-state index contributed by atoms with van der Waals surface area (Å²) in [5, 5.41) is 0. The first kappa shape index (κ1) is 12.8. The number of Topliss-reactive ketones (excluding diaryl/α,β-unsaturated/α-hetero) is 1. The molecule has 0 radical (unpaired) electrons. The van der Waals surface area contributed by atoms with Gasteiger partial charge < -0.3 is 4.74 Å². The van der Waals surface area contributed by atoms with Crippen LogP contribution in [0.2, 0.25) is 0 Å². The van der Waals surface area contributed by atoms with Crippen LogP contribution in [-0.2, 0) is 9.53 Å².